The van der Waals surface area contributed by atoms with E-state index in [4.69, 9.17) is 5.73 Å². The minimum Gasteiger partial charge on any atom is -0.393 e. The Morgan fingerprint density at radius 3 is 2.47 bits per heavy atom. The number of carbonyl (C=O) groups is 2. The van der Waals surface area contributed by atoms with Crippen LogP contribution in [0.5, 0.6) is 0 Å². The summed E-state index contributed by atoms with van der Waals surface area (Å²) in [6, 6.07) is 9.28. The summed E-state index contributed by atoms with van der Waals surface area (Å²) in [5.74, 6) is 1.30. The Bertz CT molecular complexity index is 1350. The van der Waals surface area contributed by atoms with Gasteiger partial charge in [-0.05, 0) is 123 Å². The van der Waals surface area contributed by atoms with Crippen LogP contribution < -0.4 is 10.6 Å². The van der Waals surface area contributed by atoms with Gasteiger partial charge in [0.1, 0.15) is 6.61 Å². The molecule has 0 radical (unpaired) electrons. The maximum atomic E-state index is 13.9. The maximum Gasteiger partial charge on any atom is 0.178 e. The molecule has 0 heterocycles. The number of rotatable bonds is 7. The van der Waals surface area contributed by atoms with Crippen molar-refractivity contribution in [2.75, 3.05) is 25.1 Å². The number of aliphatic hydroxyl groups excluding tert-OH is 2. The van der Waals surface area contributed by atoms with Crippen LogP contribution in [0.15, 0.2) is 48.1 Å². The number of Topliss-reactive ketones (excluding diaryl/α,β-unsaturated/α-hetero) is 1. The Balaban J connectivity index is 1.10. The molecule has 1 spiro atoms. The third kappa shape index (κ3) is 4.37. The molecule has 43 heavy (non-hydrogen) atoms. The van der Waals surface area contributed by atoms with Crippen LogP contribution in [0.4, 0.5) is 5.69 Å². The highest BCUT2D eigenvalue weighted by molar-refractivity contribution is 6.01. The second-order valence-corrected chi connectivity index (χ2v) is 16.1. The molecule has 6 aliphatic rings. The van der Waals surface area contributed by atoms with Gasteiger partial charge in [-0.3, -0.25) is 9.59 Å². The third-order valence-electron chi connectivity index (χ3n) is 13.8. The summed E-state index contributed by atoms with van der Waals surface area (Å²) in [6.07, 6.45) is 15.1. The SMILES string of the molecule is CN(C[C@]1(C(=O)CO)CCC2C3CCC4=CC(=O)C=CC4(C)C3C(O)CC21C)c1ccc(CC2CC3(CC(N)C3)C2)cc1. The second kappa shape index (κ2) is 10.1. The summed E-state index contributed by atoms with van der Waals surface area (Å²) in [4.78, 5) is 28.2. The predicted molar refractivity (Wildman–Crippen MR) is 168 cm³/mol. The lowest BCUT2D eigenvalue weighted by molar-refractivity contribution is -0.157. The Hall–Kier alpha value is -2.28. The van der Waals surface area contributed by atoms with Crippen LogP contribution in [-0.2, 0) is 16.0 Å². The average molecular weight is 587 g/mol. The quantitative estimate of drug-likeness (QED) is 0.415. The highest BCUT2D eigenvalue weighted by Gasteiger charge is 2.68. The van der Waals surface area contributed by atoms with E-state index in [-0.39, 0.29) is 34.7 Å². The molecule has 5 saturated carbocycles. The van der Waals surface area contributed by atoms with Crippen molar-refractivity contribution in [3.8, 4) is 0 Å². The van der Waals surface area contributed by atoms with Crippen molar-refractivity contribution in [1.82, 2.24) is 0 Å². The van der Waals surface area contributed by atoms with E-state index in [1.165, 1.54) is 31.2 Å². The number of hydrogen-bond acceptors (Lipinski definition) is 6. The number of aliphatic hydroxyl groups is 2. The molecule has 232 valence electrons. The first-order valence-corrected chi connectivity index (χ1v) is 16.7. The minimum atomic E-state index is -0.731. The number of hydrogen-bond donors (Lipinski definition) is 3. The van der Waals surface area contributed by atoms with E-state index in [1.807, 2.05) is 6.08 Å². The topological polar surface area (TPSA) is 104 Å². The molecule has 6 heteroatoms. The normalized spacial score (nSPS) is 44.5. The van der Waals surface area contributed by atoms with Gasteiger partial charge in [-0.2, -0.15) is 0 Å². The predicted octanol–water partition coefficient (Wildman–Crippen LogP) is 5.01. The Morgan fingerprint density at radius 2 is 1.79 bits per heavy atom. The summed E-state index contributed by atoms with van der Waals surface area (Å²) in [5, 5.41) is 22.2. The lowest BCUT2D eigenvalue weighted by atomic mass is 9.44. The van der Waals surface area contributed by atoms with Gasteiger partial charge in [0.05, 0.1) is 11.5 Å². The molecule has 0 saturated heterocycles. The lowest BCUT2D eigenvalue weighted by Crippen LogP contribution is -2.61. The molecule has 6 aliphatic carbocycles. The lowest BCUT2D eigenvalue weighted by Gasteiger charge is -2.60. The van der Waals surface area contributed by atoms with Crippen LogP contribution in [0.2, 0.25) is 0 Å². The van der Waals surface area contributed by atoms with Crippen LogP contribution in [0.3, 0.4) is 0 Å². The highest BCUT2D eigenvalue weighted by atomic mass is 16.3. The van der Waals surface area contributed by atoms with E-state index < -0.39 is 23.5 Å². The van der Waals surface area contributed by atoms with Gasteiger partial charge >= 0.3 is 0 Å². The zero-order valence-corrected chi connectivity index (χ0v) is 26.2. The van der Waals surface area contributed by atoms with Crippen molar-refractivity contribution in [2.24, 2.45) is 51.1 Å². The van der Waals surface area contributed by atoms with Gasteiger partial charge in [-0.15, -0.1) is 0 Å². The van der Waals surface area contributed by atoms with E-state index in [0.717, 1.165) is 49.3 Å². The molecule has 5 fully saturated rings. The highest BCUT2D eigenvalue weighted by Crippen LogP contribution is 2.70. The number of allylic oxidation sites excluding steroid dienone is 4. The van der Waals surface area contributed by atoms with Crippen LogP contribution in [0.1, 0.15) is 77.2 Å². The first kappa shape index (κ1) is 29.4. The second-order valence-electron chi connectivity index (χ2n) is 16.1. The Labute approximate surface area is 256 Å². The number of fused-ring (bicyclic) bond motifs is 5. The van der Waals surface area contributed by atoms with Gasteiger partial charge in [-0.1, -0.05) is 37.6 Å². The summed E-state index contributed by atoms with van der Waals surface area (Å²) < 4.78 is 0. The fourth-order valence-corrected chi connectivity index (χ4v) is 11.8. The molecule has 7 atom stereocenters. The monoisotopic (exact) mass is 586 g/mol. The number of nitrogens with zero attached hydrogens (tertiary/aromatic N) is 1. The first-order chi connectivity index (χ1) is 20.4. The summed E-state index contributed by atoms with van der Waals surface area (Å²) in [7, 11) is 2.07. The summed E-state index contributed by atoms with van der Waals surface area (Å²) >= 11 is 0. The third-order valence-corrected chi connectivity index (χ3v) is 13.8. The van der Waals surface area contributed by atoms with Gasteiger partial charge in [0.2, 0.25) is 0 Å². The van der Waals surface area contributed by atoms with E-state index in [9.17, 15) is 19.8 Å². The zero-order chi connectivity index (χ0) is 30.4. The smallest absolute Gasteiger partial charge is 0.178 e. The van der Waals surface area contributed by atoms with Gasteiger partial charge in [0, 0.05) is 36.7 Å². The van der Waals surface area contributed by atoms with Gasteiger partial charge in [-0.25, -0.2) is 0 Å². The van der Waals surface area contributed by atoms with Crippen molar-refractivity contribution in [3.05, 3.63) is 53.6 Å². The number of carbonyl (C=O) groups excluding carboxylic acids is 2. The Morgan fingerprint density at radius 1 is 1.07 bits per heavy atom. The molecule has 1 aromatic rings. The Kier molecular flexibility index (Phi) is 6.92. The number of ketones is 2. The number of benzene rings is 1. The molecule has 0 aromatic heterocycles. The molecule has 0 bridgehead atoms. The van der Waals surface area contributed by atoms with Crippen LogP contribution in [0.25, 0.3) is 0 Å². The maximum absolute atomic E-state index is 13.9. The van der Waals surface area contributed by atoms with E-state index in [1.54, 1.807) is 12.2 Å². The molecular weight excluding hydrogens is 536 g/mol. The molecule has 0 aliphatic heterocycles. The summed E-state index contributed by atoms with van der Waals surface area (Å²) in [6.45, 7) is 4.48. The molecular formula is C37H50N2O4. The van der Waals surface area contributed by atoms with Crippen molar-refractivity contribution in [2.45, 2.75) is 90.2 Å². The summed E-state index contributed by atoms with van der Waals surface area (Å²) in [5.41, 5.74) is 8.73. The largest absolute Gasteiger partial charge is 0.393 e. The molecule has 6 nitrogen and oxygen atoms in total. The van der Waals surface area contributed by atoms with Crippen molar-refractivity contribution in [1.29, 1.82) is 0 Å². The van der Waals surface area contributed by atoms with Gasteiger partial charge in [0.15, 0.2) is 11.6 Å². The van der Waals surface area contributed by atoms with Gasteiger partial charge in [0.25, 0.3) is 0 Å². The molecule has 7 rings (SSSR count). The molecule has 0 amide bonds. The van der Waals surface area contributed by atoms with E-state index in [2.05, 4.69) is 50.1 Å². The number of nitrogens with two attached hydrogens (primary N) is 1. The fourth-order valence-electron chi connectivity index (χ4n) is 11.8. The van der Waals surface area contributed by atoms with Crippen molar-refractivity contribution < 1.29 is 19.8 Å². The van der Waals surface area contributed by atoms with Crippen LogP contribution >= 0.6 is 0 Å². The molecule has 1 aromatic carbocycles. The van der Waals surface area contributed by atoms with Crippen LogP contribution in [-0.4, -0.2) is 54.1 Å². The number of anilines is 1. The van der Waals surface area contributed by atoms with E-state index in [0.29, 0.717) is 24.4 Å². The minimum absolute atomic E-state index is 0.0341. The average Bonchev–Trinajstić information content (AvgIpc) is 3.23. The molecule has 4 N–H and O–H groups in total. The van der Waals surface area contributed by atoms with E-state index >= 15 is 0 Å². The fraction of sp³-hybridized carbons (Fsp3) is 0.676. The standard InChI is InChI=1S/C37H50N2O4/c1-34-12-10-28(41)15-25(34)6-9-29-30-11-13-37(32(43)21-40,35(30,2)20-31(42)33(29)34)22-39(3)27-7-4-23(5-8-27)14-24-16-36(17-24)18-26(38)19-36/h4-5,7-8,10,12,15,24,26,29-31,33,40,42H,6,9,11,13-14,16-22,38H2,1-3H3/t24?,26?,29?,30?,31?,33?,34?,35?,36?,37-/m0/s1. The van der Waals surface area contributed by atoms with Crippen molar-refractivity contribution >= 4 is 17.3 Å². The zero-order valence-electron chi connectivity index (χ0n) is 26.2. The molecule has 6 unspecified atom stereocenters. The van der Waals surface area contributed by atoms with Crippen molar-refractivity contribution in [3.63, 3.8) is 0 Å². The van der Waals surface area contributed by atoms with Crippen LogP contribution in [0, 0.1) is 45.3 Å². The first-order valence-electron chi connectivity index (χ1n) is 16.7. The van der Waals surface area contributed by atoms with Gasteiger partial charge < -0.3 is 20.8 Å².